The summed E-state index contributed by atoms with van der Waals surface area (Å²) in [4.78, 5) is 12.0. The highest BCUT2D eigenvalue weighted by molar-refractivity contribution is 9.11. The van der Waals surface area contributed by atoms with Crippen molar-refractivity contribution in [3.05, 3.63) is 55.0 Å². The summed E-state index contributed by atoms with van der Waals surface area (Å²) in [6.45, 7) is 2.17. The van der Waals surface area contributed by atoms with Gasteiger partial charge in [-0.3, -0.25) is 0 Å². The molecule has 2 aromatic heterocycles. The van der Waals surface area contributed by atoms with Gasteiger partial charge in [0.25, 0.3) is 0 Å². The van der Waals surface area contributed by atoms with Crippen molar-refractivity contribution in [1.82, 2.24) is 19.8 Å². The van der Waals surface area contributed by atoms with E-state index < -0.39 is 0 Å². The Morgan fingerprint density at radius 2 is 2.27 bits per heavy atom. The molecule has 0 spiro atoms. The van der Waals surface area contributed by atoms with Crippen LogP contribution >= 0.6 is 27.3 Å². The van der Waals surface area contributed by atoms with Crippen molar-refractivity contribution < 1.29 is 6.11 Å². The summed E-state index contributed by atoms with van der Waals surface area (Å²) in [5.41, 5.74) is 2.05. The number of benzene rings is 1. The van der Waals surface area contributed by atoms with Gasteiger partial charge in [0, 0.05) is 18.0 Å². The molecule has 0 radical (unpaired) electrons. The number of aromatic nitrogens is 4. The molecule has 0 unspecified atom stereocenters. The second-order valence-electron chi connectivity index (χ2n) is 4.65. The van der Waals surface area contributed by atoms with Gasteiger partial charge < -0.3 is 4.74 Å². The second kappa shape index (κ2) is 6.05. The van der Waals surface area contributed by atoms with Crippen LogP contribution in [0.2, 0.25) is 0 Å². The maximum absolute atomic E-state index is 12.0. The average Bonchev–Trinajstić information content (AvgIpc) is 3.02. The van der Waals surface area contributed by atoms with E-state index in [0.717, 1.165) is 14.9 Å². The van der Waals surface area contributed by atoms with Crippen LogP contribution in [-0.4, -0.2) is 19.8 Å². The number of thiophene rings is 1. The minimum Gasteiger partial charge on any atom is -0.488 e. The van der Waals surface area contributed by atoms with Gasteiger partial charge in [-0.2, -0.15) is 9.36 Å². The smallest absolute Gasteiger partial charge is 0.368 e. The highest BCUT2D eigenvalue weighted by Gasteiger charge is 2.16. The van der Waals surface area contributed by atoms with E-state index in [1.807, 2.05) is 12.3 Å². The van der Waals surface area contributed by atoms with Crippen LogP contribution in [0.5, 0.6) is 5.75 Å². The van der Waals surface area contributed by atoms with Crippen LogP contribution in [-0.2, 0) is 13.7 Å². The lowest BCUT2D eigenvalue weighted by molar-refractivity contribution is 0.303. The third-order valence-corrected chi connectivity index (χ3v) is 5.00. The summed E-state index contributed by atoms with van der Waals surface area (Å²) in [6.07, 6.45) is 0. The molecule has 0 fully saturated rings. The maximum atomic E-state index is 12.0. The number of nitrogens with zero attached hydrogens (tertiary/aromatic N) is 4. The topological polar surface area (TPSA) is 61.9 Å². The first-order chi connectivity index (χ1) is 11.0. The van der Waals surface area contributed by atoms with Crippen LogP contribution in [0, 0.1) is 6.92 Å². The minimum absolute atomic E-state index is 0.278. The van der Waals surface area contributed by atoms with E-state index in [1.54, 1.807) is 25.2 Å². The number of hydrogen-bond donors (Lipinski definition) is 0. The maximum Gasteiger partial charge on any atom is 0.368 e. The summed E-state index contributed by atoms with van der Waals surface area (Å²) in [5, 5.41) is 9.43. The molecule has 22 heavy (non-hydrogen) atoms. The number of rotatable bonds is 4. The molecule has 0 aliphatic rings. The fourth-order valence-corrected chi connectivity index (χ4v) is 3.30. The zero-order valence-corrected chi connectivity index (χ0v) is 14.3. The van der Waals surface area contributed by atoms with Gasteiger partial charge in [-0.1, -0.05) is 18.2 Å². The monoisotopic (exact) mass is 382 g/mol. The SMILES string of the molecule is [3H]c1ccc(OCc2c(-n3nnn(C)c3=O)csc2Br)c(C)c1. The molecule has 3 rings (SSSR count). The third-order valence-electron chi connectivity index (χ3n) is 3.16. The first-order valence-corrected chi connectivity index (χ1v) is 8.10. The summed E-state index contributed by atoms with van der Waals surface area (Å²) < 4.78 is 16.7. The molecule has 0 amide bonds. The third kappa shape index (κ3) is 2.71. The number of para-hydroxylation sites is 1. The van der Waals surface area contributed by atoms with Gasteiger partial charge in [0.1, 0.15) is 12.4 Å². The van der Waals surface area contributed by atoms with Gasteiger partial charge in [0.2, 0.25) is 0 Å². The van der Waals surface area contributed by atoms with E-state index in [4.69, 9.17) is 6.11 Å². The van der Waals surface area contributed by atoms with Crippen molar-refractivity contribution in [2.24, 2.45) is 7.05 Å². The Bertz CT molecular complexity index is 918. The summed E-state index contributed by atoms with van der Waals surface area (Å²) in [7, 11) is 1.55. The number of ether oxygens (including phenoxy) is 1. The Morgan fingerprint density at radius 1 is 1.45 bits per heavy atom. The largest absolute Gasteiger partial charge is 0.488 e. The average molecular weight is 383 g/mol. The quantitative estimate of drug-likeness (QED) is 0.695. The summed E-state index contributed by atoms with van der Waals surface area (Å²) >= 11 is 4.94. The van der Waals surface area contributed by atoms with Crippen LogP contribution in [0.15, 0.2) is 38.2 Å². The predicted octanol–water partition coefficient (Wildman–Crippen LogP) is 2.68. The molecule has 1 aromatic carbocycles. The highest BCUT2D eigenvalue weighted by atomic mass is 79.9. The fraction of sp³-hybridized carbons (Fsp3) is 0.214. The van der Waals surface area contributed by atoms with Gasteiger partial charge in [0.05, 0.1) is 10.8 Å². The Labute approximate surface area is 140 Å². The number of halogens is 1. The molecule has 8 heteroatoms. The molecular formula is C14H13BrN4O2S. The molecular weight excluding hydrogens is 368 g/mol. The van der Waals surface area contributed by atoms with Gasteiger partial charge in [0.15, 0.2) is 0 Å². The van der Waals surface area contributed by atoms with E-state index in [2.05, 4.69) is 26.4 Å². The first kappa shape index (κ1) is 13.7. The molecule has 0 aliphatic carbocycles. The van der Waals surface area contributed by atoms with Crippen molar-refractivity contribution >= 4 is 27.3 Å². The number of tetrazole rings is 1. The van der Waals surface area contributed by atoms with E-state index in [-0.39, 0.29) is 12.3 Å². The minimum atomic E-state index is -0.314. The lowest BCUT2D eigenvalue weighted by atomic mass is 10.2. The highest BCUT2D eigenvalue weighted by Crippen LogP contribution is 2.31. The van der Waals surface area contributed by atoms with Gasteiger partial charge >= 0.3 is 5.69 Å². The molecule has 0 aliphatic heterocycles. The Hall–Kier alpha value is -1.93. The van der Waals surface area contributed by atoms with Crippen molar-refractivity contribution in [1.29, 1.82) is 0 Å². The van der Waals surface area contributed by atoms with Crippen molar-refractivity contribution in [3.63, 3.8) is 0 Å². The molecule has 114 valence electrons. The zero-order valence-electron chi connectivity index (χ0n) is 12.9. The van der Waals surface area contributed by atoms with Crippen molar-refractivity contribution in [2.75, 3.05) is 0 Å². The lowest BCUT2D eigenvalue weighted by Crippen LogP contribution is -2.22. The summed E-state index contributed by atoms with van der Waals surface area (Å²) in [5.74, 6) is 0.705. The van der Waals surface area contributed by atoms with E-state index in [1.165, 1.54) is 20.7 Å². The van der Waals surface area contributed by atoms with E-state index >= 15 is 0 Å². The normalized spacial score (nSPS) is 11.5. The standard InChI is InChI=1S/C14H13BrN4O2S/c1-9-5-3-4-6-12(9)21-7-10-11(8-22-13(10)15)19-14(20)18(2)16-17-19/h3-6,8H,7H2,1-2H3/i3T. The van der Waals surface area contributed by atoms with Crippen LogP contribution in [0.1, 0.15) is 12.5 Å². The van der Waals surface area contributed by atoms with Gasteiger partial charge in [-0.15, -0.1) is 11.3 Å². The van der Waals surface area contributed by atoms with E-state index in [9.17, 15) is 4.79 Å². The molecule has 0 bridgehead atoms. The molecule has 6 nitrogen and oxygen atoms in total. The predicted molar refractivity (Wildman–Crippen MR) is 87.7 cm³/mol. The van der Waals surface area contributed by atoms with Crippen LogP contribution < -0.4 is 10.4 Å². The molecule has 0 N–H and O–H groups in total. The van der Waals surface area contributed by atoms with Crippen molar-refractivity contribution in [3.8, 4) is 11.4 Å². The van der Waals surface area contributed by atoms with Gasteiger partial charge in [-0.25, -0.2) is 4.79 Å². The molecule has 0 saturated carbocycles. The van der Waals surface area contributed by atoms with Gasteiger partial charge in [-0.05, 0) is 44.9 Å². The van der Waals surface area contributed by atoms with Crippen LogP contribution in [0.25, 0.3) is 5.69 Å². The van der Waals surface area contributed by atoms with E-state index in [0.29, 0.717) is 17.5 Å². The summed E-state index contributed by atoms with van der Waals surface area (Å²) in [6, 6.07) is 5.63. The van der Waals surface area contributed by atoms with Crippen molar-refractivity contribution in [2.45, 2.75) is 13.5 Å². The second-order valence-corrected chi connectivity index (χ2v) is 6.85. The fourth-order valence-electron chi connectivity index (χ4n) is 1.94. The number of hydrogen-bond acceptors (Lipinski definition) is 5. The molecule has 2 heterocycles. The zero-order chi connectivity index (χ0) is 16.6. The Balaban J connectivity index is 1.90. The number of aryl methyl sites for hydroxylation is 2. The lowest BCUT2D eigenvalue weighted by Gasteiger charge is -2.09. The molecule has 3 aromatic rings. The van der Waals surface area contributed by atoms with Crippen LogP contribution in [0.3, 0.4) is 0 Å². The molecule has 0 atom stereocenters. The Morgan fingerprint density at radius 3 is 2.95 bits per heavy atom. The Kier molecular flexibility index (Phi) is 3.77. The van der Waals surface area contributed by atoms with Crippen LogP contribution in [0.4, 0.5) is 0 Å². The molecule has 0 saturated heterocycles. The first-order valence-electron chi connectivity index (χ1n) is 6.92.